The van der Waals surface area contributed by atoms with E-state index in [2.05, 4.69) is 0 Å². The summed E-state index contributed by atoms with van der Waals surface area (Å²) in [4.78, 5) is 9.78. The van der Waals surface area contributed by atoms with E-state index in [1.54, 1.807) is 14.1 Å². The number of aldehydes is 1. The highest BCUT2D eigenvalue weighted by atomic mass is 16.5. The van der Waals surface area contributed by atoms with Gasteiger partial charge < -0.3 is 14.6 Å². The van der Waals surface area contributed by atoms with Crippen LogP contribution in [0.1, 0.15) is 12.8 Å². The van der Waals surface area contributed by atoms with Crippen LogP contribution in [0.4, 0.5) is 0 Å². The van der Waals surface area contributed by atoms with Gasteiger partial charge in [-0.25, -0.2) is 0 Å². The molecule has 3 heteroatoms. The Labute approximate surface area is 55.4 Å². The van der Waals surface area contributed by atoms with Gasteiger partial charge in [-0.3, -0.25) is 0 Å². The SMILES string of the molecule is C[N+](C)([O-])CCCC=O. The molecule has 0 rings (SSSR count). The van der Waals surface area contributed by atoms with Gasteiger partial charge in [0.1, 0.15) is 6.29 Å². The molecule has 0 spiro atoms. The molecule has 0 amide bonds. The van der Waals surface area contributed by atoms with Gasteiger partial charge in [0.05, 0.1) is 20.6 Å². The Morgan fingerprint density at radius 2 is 2.11 bits per heavy atom. The van der Waals surface area contributed by atoms with Crippen LogP contribution in [0.15, 0.2) is 0 Å². The van der Waals surface area contributed by atoms with Crippen molar-refractivity contribution in [2.24, 2.45) is 0 Å². The molecule has 0 aromatic heterocycles. The maximum atomic E-state index is 10.8. The summed E-state index contributed by atoms with van der Waals surface area (Å²) in [5.74, 6) is 0. The Bertz CT molecular complexity index is 85.5. The maximum Gasteiger partial charge on any atom is 0.120 e. The third-order valence-corrected chi connectivity index (χ3v) is 1.02. The van der Waals surface area contributed by atoms with Crippen molar-refractivity contribution in [3.05, 3.63) is 5.21 Å². The summed E-state index contributed by atoms with van der Waals surface area (Å²) in [6, 6.07) is 0. The molecule has 0 aliphatic heterocycles. The number of hydroxylamine groups is 3. The number of hydrogen-bond acceptors (Lipinski definition) is 2. The largest absolute Gasteiger partial charge is 0.633 e. The molecule has 0 bridgehead atoms. The van der Waals surface area contributed by atoms with E-state index >= 15 is 0 Å². The minimum absolute atomic E-state index is 0.298. The fourth-order valence-corrected chi connectivity index (χ4v) is 0.555. The van der Waals surface area contributed by atoms with Gasteiger partial charge in [-0.2, -0.15) is 0 Å². The van der Waals surface area contributed by atoms with E-state index in [-0.39, 0.29) is 4.65 Å². The fraction of sp³-hybridized carbons (Fsp3) is 0.833. The van der Waals surface area contributed by atoms with Gasteiger partial charge in [-0.15, -0.1) is 0 Å². The first-order valence-electron chi connectivity index (χ1n) is 3.04. The minimum Gasteiger partial charge on any atom is -0.633 e. The molecule has 0 saturated heterocycles. The molecule has 0 heterocycles. The highest BCUT2D eigenvalue weighted by Gasteiger charge is 1.98. The molecule has 0 aromatic rings. The predicted molar refractivity (Wildman–Crippen MR) is 35.6 cm³/mol. The average molecular weight is 131 g/mol. The Morgan fingerprint density at radius 3 is 2.44 bits per heavy atom. The molecule has 0 aromatic carbocycles. The lowest BCUT2D eigenvalue weighted by Crippen LogP contribution is -2.33. The lowest BCUT2D eigenvalue weighted by Gasteiger charge is -2.33. The first-order valence-corrected chi connectivity index (χ1v) is 3.04. The van der Waals surface area contributed by atoms with Crippen LogP contribution in [0.5, 0.6) is 0 Å². The molecule has 0 N–H and O–H groups in total. The van der Waals surface area contributed by atoms with E-state index in [0.717, 1.165) is 6.29 Å². The molecule has 0 fully saturated rings. The Kier molecular flexibility index (Phi) is 3.42. The van der Waals surface area contributed by atoms with Gasteiger partial charge in [0.25, 0.3) is 0 Å². The predicted octanol–water partition coefficient (Wildman–Crippen LogP) is 0.540. The molecule has 0 radical (unpaired) electrons. The Morgan fingerprint density at radius 1 is 1.56 bits per heavy atom. The van der Waals surface area contributed by atoms with Gasteiger partial charge in [-0.1, -0.05) is 0 Å². The van der Waals surface area contributed by atoms with Crippen molar-refractivity contribution in [2.75, 3.05) is 20.6 Å². The van der Waals surface area contributed by atoms with E-state index in [1.165, 1.54) is 0 Å². The third kappa shape index (κ3) is 7.59. The summed E-state index contributed by atoms with van der Waals surface area (Å²) >= 11 is 0. The van der Waals surface area contributed by atoms with Crippen LogP contribution in [0.25, 0.3) is 0 Å². The van der Waals surface area contributed by atoms with Crippen molar-refractivity contribution < 1.29 is 9.44 Å². The molecule has 3 nitrogen and oxygen atoms in total. The second-order valence-corrected chi connectivity index (χ2v) is 2.61. The van der Waals surface area contributed by atoms with Crippen molar-refractivity contribution in [3.8, 4) is 0 Å². The summed E-state index contributed by atoms with van der Waals surface area (Å²) in [5, 5.41) is 10.8. The summed E-state index contributed by atoms with van der Waals surface area (Å²) in [7, 11) is 3.15. The van der Waals surface area contributed by atoms with Crippen LogP contribution in [-0.2, 0) is 4.79 Å². The van der Waals surface area contributed by atoms with E-state index in [9.17, 15) is 10.0 Å². The van der Waals surface area contributed by atoms with Crippen molar-refractivity contribution in [1.82, 2.24) is 0 Å². The van der Waals surface area contributed by atoms with Crippen LogP contribution in [0.3, 0.4) is 0 Å². The molecule has 9 heavy (non-hydrogen) atoms. The molecule has 0 aliphatic carbocycles. The second-order valence-electron chi connectivity index (χ2n) is 2.61. The smallest absolute Gasteiger partial charge is 0.120 e. The normalized spacial score (nSPS) is 11.4. The number of hydrogen-bond donors (Lipinski definition) is 0. The first-order chi connectivity index (χ1) is 4.06. The second kappa shape index (κ2) is 3.58. The lowest BCUT2D eigenvalue weighted by molar-refractivity contribution is -0.840. The summed E-state index contributed by atoms with van der Waals surface area (Å²) in [6.45, 7) is 0.527. The third-order valence-electron chi connectivity index (χ3n) is 1.02. The van der Waals surface area contributed by atoms with E-state index in [4.69, 9.17) is 0 Å². The van der Waals surface area contributed by atoms with Crippen LogP contribution in [-0.4, -0.2) is 31.6 Å². The highest BCUT2D eigenvalue weighted by molar-refractivity contribution is 5.48. The number of carbonyl (C=O) groups is 1. The standard InChI is InChI=1S/C6H13NO2/c1-7(2,9)5-3-4-6-8/h6H,3-5H2,1-2H3. The summed E-state index contributed by atoms with van der Waals surface area (Å²) in [6.07, 6.45) is 2.04. The molecule has 0 saturated carbocycles. The van der Waals surface area contributed by atoms with Gasteiger partial charge in [0.2, 0.25) is 0 Å². The zero-order valence-electron chi connectivity index (χ0n) is 5.96. The van der Waals surface area contributed by atoms with Gasteiger partial charge >= 0.3 is 0 Å². The number of nitrogens with zero attached hydrogens (tertiary/aromatic N) is 1. The number of carbonyl (C=O) groups excluding carboxylic acids is 1. The molecular formula is C6H13NO2. The maximum absolute atomic E-state index is 10.8. The van der Waals surface area contributed by atoms with Crippen LogP contribution >= 0.6 is 0 Å². The van der Waals surface area contributed by atoms with Crippen molar-refractivity contribution >= 4 is 6.29 Å². The summed E-state index contributed by atoms with van der Waals surface area (Å²) in [5.41, 5.74) is 0. The average Bonchev–Trinajstić information content (AvgIpc) is 1.63. The van der Waals surface area contributed by atoms with Gasteiger partial charge in [0, 0.05) is 12.8 Å². The molecular weight excluding hydrogens is 118 g/mol. The van der Waals surface area contributed by atoms with E-state index < -0.39 is 0 Å². The fourth-order valence-electron chi connectivity index (χ4n) is 0.555. The first kappa shape index (κ1) is 8.59. The lowest BCUT2D eigenvalue weighted by atomic mass is 10.3. The molecule has 0 unspecified atom stereocenters. The minimum atomic E-state index is -0.298. The van der Waals surface area contributed by atoms with Gasteiger partial charge in [-0.05, 0) is 0 Å². The molecule has 0 aliphatic rings. The quantitative estimate of drug-likeness (QED) is 0.242. The molecule has 54 valence electrons. The van der Waals surface area contributed by atoms with Crippen molar-refractivity contribution in [2.45, 2.75) is 12.8 Å². The van der Waals surface area contributed by atoms with Crippen LogP contribution < -0.4 is 0 Å². The Balaban J connectivity index is 3.17. The summed E-state index contributed by atoms with van der Waals surface area (Å²) < 4.78 is -0.298. The van der Waals surface area contributed by atoms with E-state index in [1.807, 2.05) is 0 Å². The molecule has 0 atom stereocenters. The van der Waals surface area contributed by atoms with Gasteiger partial charge in [0.15, 0.2) is 0 Å². The van der Waals surface area contributed by atoms with Crippen LogP contribution in [0, 0.1) is 5.21 Å². The Hall–Kier alpha value is -0.410. The zero-order valence-corrected chi connectivity index (χ0v) is 5.96. The topological polar surface area (TPSA) is 40.1 Å². The van der Waals surface area contributed by atoms with Crippen molar-refractivity contribution in [3.63, 3.8) is 0 Å². The number of unbranched alkanes of at least 4 members (excludes halogenated alkanes) is 1. The highest BCUT2D eigenvalue weighted by Crippen LogP contribution is 1.95. The zero-order chi connectivity index (χ0) is 7.33. The number of rotatable bonds is 4. The monoisotopic (exact) mass is 131 g/mol. The van der Waals surface area contributed by atoms with Crippen LogP contribution in [0.2, 0.25) is 0 Å². The van der Waals surface area contributed by atoms with Crippen molar-refractivity contribution in [1.29, 1.82) is 0 Å². The number of quaternary nitrogens is 1. The van der Waals surface area contributed by atoms with E-state index in [0.29, 0.717) is 19.4 Å².